The molecule has 0 radical (unpaired) electrons. The lowest BCUT2D eigenvalue weighted by Gasteiger charge is -2.45. The van der Waals surface area contributed by atoms with Gasteiger partial charge in [-0.05, 0) is 54.2 Å². The van der Waals surface area contributed by atoms with Gasteiger partial charge in [-0.1, -0.05) is 51.8 Å². The number of carboxylic acids is 1. The first-order chi connectivity index (χ1) is 13.9. The summed E-state index contributed by atoms with van der Waals surface area (Å²) < 4.78 is 7.08. The molecular weight excluding hydrogens is 458 g/mol. The first kappa shape index (κ1) is 20.4. The van der Waals surface area contributed by atoms with E-state index in [0.29, 0.717) is 17.5 Å². The molecule has 1 unspecified atom stereocenters. The number of carboxylic acid groups (broad SMARTS) is 1. The van der Waals surface area contributed by atoms with Crippen LogP contribution >= 0.6 is 27.5 Å². The highest BCUT2D eigenvalue weighted by Gasteiger charge is 2.46. The molecule has 1 saturated heterocycles. The third-order valence-corrected chi connectivity index (χ3v) is 6.16. The van der Waals surface area contributed by atoms with Gasteiger partial charge < -0.3 is 14.7 Å². The molecule has 2 aliphatic rings. The number of carbonyl (C=O) groups is 2. The van der Waals surface area contributed by atoms with E-state index in [1.54, 1.807) is 6.07 Å². The number of carbonyl (C=O) groups excluding carboxylic acids is 1. The lowest BCUT2D eigenvalue weighted by molar-refractivity contribution is -0.179. The SMILES string of the molecule is O=C(O)C[C@H]1O[C@H](c2cccc(Cl)c2)C(c2ccc(Br)cc2)N(CC2CC2)C1=O. The van der Waals surface area contributed by atoms with Crippen LogP contribution in [-0.4, -0.2) is 34.5 Å². The van der Waals surface area contributed by atoms with Crippen LogP contribution < -0.4 is 0 Å². The van der Waals surface area contributed by atoms with Crippen molar-refractivity contribution in [2.24, 2.45) is 5.92 Å². The van der Waals surface area contributed by atoms with E-state index in [9.17, 15) is 14.7 Å². The van der Waals surface area contributed by atoms with Crippen LogP contribution in [0.5, 0.6) is 0 Å². The second kappa shape index (κ2) is 8.46. The second-order valence-corrected chi connectivity index (χ2v) is 8.98. The van der Waals surface area contributed by atoms with Gasteiger partial charge in [0.25, 0.3) is 5.91 Å². The molecule has 1 amide bonds. The zero-order valence-corrected chi connectivity index (χ0v) is 18.0. The Bertz CT molecular complexity index is 915. The third-order valence-electron chi connectivity index (χ3n) is 5.39. The van der Waals surface area contributed by atoms with Crippen LogP contribution in [0.4, 0.5) is 0 Å². The smallest absolute Gasteiger partial charge is 0.306 e. The lowest BCUT2D eigenvalue weighted by atomic mass is 9.91. The summed E-state index contributed by atoms with van der Waals surface area (Å²) in [5.74, 6) is -0.854. The van der Waals surface area contributed by atoms with Crippen molar-refractivity contribution in [3.05, 3.63) is 69.2 Å². The van der Waals surface area contributed by atoms with Crippen molar-refractivity contribution in [2.75, 3.05) is 6.54 Å². The Labute approximate surface area is 182 Å². The molecule has 1 aliphatic carbocycles. The van der Waals surface area contributed by atoms with Crippen LogP contribution in [0.3, 0.4) is 0 Å². The number of ether oxygens (including phenoxy) is 1. The maximum Gasteiger partial charge on any atom is 0.306 e. The van der Waals surface area contributed by atoms with E-state index in [-0.39, 0.29) is 18.4 Å². The maximum absolute atomic E-state index is 13.2. The molecule has 1 N–H and O–H groups in total. The minimum absolute atomic E-state index is 0.259. The van der Waals surface area contributed by atoms with E-state index in [2.05, 4.69) is 15.9 Å². The van der Waals surface area contributed by atoms with Gasteiger partial charge in [0, 0.05) is 16.0 Å². The Morgan fingerprint density at radius 1 is 1.17 bits per heavy atom. The number of morpholine rings is 1. The van der Waals surface area contributed by atoms with E-state index < -0.39 is 18.2 Å². The van der Waals surface area contributed by atoms with E-state index in [0.717, 1.165) is 28.4 Å². The number of nitrogens with zero attached hydrogens (tertiary/aromatic N) is 1. The van der Waals surface area contributed by atoms with Crippen molar-refractivity contribution in [1.29, 1.82) is 0 Å². The van der Waals surface area contributed by atoms with Gasteiger partial charge in [-0.2, -0.15) is 0 Å². The molecule has 5 nitrogen and oxygen atoms in total. The highest BCUT2D eigenvalue weighted by molar-refractivity contribution is 9.10. The summed E-state index contributed by atoms with van der Waals surface area (Å²) in [4.78, 5) is 26.4. The molecule has 0 spiro atoms. The zero-order chi connectivity index (χ0) is 20.5. The number of rotatable bonds is 6. The second-order valence-electron chi connectivity index (χ2n) is 7.63. The summed E-state index contributed by atoms with van der Waals surface area (Å²) >= 11 is 9.68. The molecule has 2 fully saturated rings. The summed E-state index contributed by atoms with van der Waals surface area (Å²) in [5.41, 5.74) is 1.77. The molecule has 29 heavy (non-hydrogen) atoms. The predicted octanol–water partition coefficient (Wildman–Crippen LogP) is 5.00. The van der Waals surface area contributed by atoms with Gasteiger partial charge in [-0.25, -0.2) is 0 Å². The Balaban J connectivity index is 1.78. The quantitative estimate of drug-likeness (QED) is 0.635. The zero-order valence-electron chi connectivity index (χ0n) is 15.6. The highest BCUT2D eigenvalue weighted by atomic mass is 79.9. The molecule has 3 atom stereocenters. The largest absolute Gasteiger partial charge is 0.481 e. The van der Waals surface area contributed by atoms with E-state index >= 15 is 0 Å². The standard InChI is InChI=1S/C22H21BrClNO4/c23-16-8-6-14(7-9-16)20-21(15-2-1-3-17(24)10-15)29-18(11-19(26)27)22(28)25(20)12-13-4-5-13/h1-3,6-10,13,18,20-21H,4-5,11-12H2,(H,26,27)/t18-,20?,21-/m1/s1. The number of halogens is 2. The number of hydrogen-bond acceptors (Lipinski definition) is 3. The summed E-state index contributed by atoms with van der Waals surface area (Å²) in [6.45, 7) is 0.607. The van der Waals surface area contributed by atoms with Gasteiger partial charge in [0.2, 0.25) is 0 Å². The fraction of sp³-hybridized carbons (Fsp3) is 0.364. The fourth-order valence-corrected chi connectivity index (χ4v) is 4.29. The maximum atomic E-state index is 13.2. The van der Waals surface area contributed by atoms with Crippen LogP contribution in [0, 0.1) is 5.92 Å². The average molecular weight is 479 g/mol. The van der Waals surface area contributed by atoms with Crippen molar-refractivity contribution in [3.63, 3.8) is 0 Å². The Morgan fingerprint density at radius 2 is 1.90 bits per heavy atom. The van der Waals surface area contributed by atoms with Gasteiger partial charge in [0.15, 0.2) is 0 Å². The summed E-state index contributed by atoms with van der Waals surface area (Å²) in [7, 11) is 0. The molecule has 1 aliphatic heterocycles. The molecule has 2 aromatic rings. The normalized spacial score (nSPS) is 24.6. The highest BCUT2D eigenvalue weighted by Crippen LogP contribution is 2.45. The van der Waals surface area contributed by atoms with Gasteiger partial charge in [0.05, 0.1) is 12.5 Å². The van der Waals surface area contributed by atoms with E-state index in [1.807, 2.05) is 47.4 Å². The molecule has 4 rings (SSSR count). The average Bonchev–Trinajstić information content (AvgIpc) is 3.49. The van der Waals surface area contributed by atoms with Crippen molar-refractivity contribution in [3.8, 4) is 0 Å². The lowest BCUT2D eigenvalue weighted by Crippen LogP contribution is -2.52. The first-order valence-electron chi connectivity index (χ1n) is 9.61. The van der Waals surface area contributed by atoms with Crippen LogP contribution in [0.25, 0.3) is 0 Å². The molecule has 1 saturated carbocycles. The Kier molecular flexibility index (Phi) is 5.95. The first-order valence-corrected chi connectivity index (χ1v) is 10.8. The summed E-state index contributed by atoms with van der Waals surface area (Å²) in [5, 5.41) is 9.87. The van der Waals surface area contributed by atoms with Crippen molar-refractivity contribution < 1.29 is 19.4 Å². The van der Waals surface area contributed by atoms with Gasteiger partial charge in [-0.3, -0.25) is 9.59 Å². The fourth-order valence-electron chi connectivity index (χ4n) is 3.83. The van der Waals surface area contributed by atoms with E-state index in [4.69, 9.17) is 16.3 Å². The van der Waals surface area contributed by atoms with Gasteiger partial charge in [-0.15, -0.1) is 0 Å². The molecular formula is C22H21BrClNO4. The molecule has 2 aromatic carbocycles. The molecule has 0 bridgehead atoms. The molecule has 1 heterocycles. The monoisotopic (exact) mass is 477 g/mol. The topological polar surface area (TPSA) is 66.8 Å². The number of benzene rings is 2. The Morgan fingerprint density at radius 3 is 2.52 bits per heavy atom. The van der Waals surface area contributed by atoms with Crippen molar-refractivity contribution in [2.45, 2.75) is 37.5 Å². The molecule has 0 aromatic heterocycles. The molecule has 7 heteroatoms. The van der Waals surface area contributed by atoms with Crippen molar-refractivity contribution in [1.82, 2.24) is 4.90 Å². The summed E-state index contributed by atoms with van der Waals surface area (Å²) in [6, 6.07) is 14.8. The van der Waals surface area contributed by atoms with Crippen molar-refractivity contribution >= 4 is 39.4 Å². The minimum Gasteiger partial charge on any atom is -0.481 e. The minimum atomic E-state index is -1.05. The summed E-state index contributed by atoms with van der Waals surface area (Å²) in [6.07, 6.45) is 0.300. The van der Waals surface area contributed by atoms with Gasteiger partial charge >= 0.3 is 5.97 Å². The van der Waals surface area contributed by atoms with Crippen LogP contribution in [-0.2, 0) is 14.3 Å². The van der Waals surface area contributed by atoms with E-state index in [1.165, 1.54) is 0 Å². The van der Waals surface area contributed by atoms with Crippen LogP contribution in [0.2, 0.25) is 5.02 Å². The van der Waals surface area contributed by atoms with Crippen LogP contribution in [0.1, 0.15) is 42.5 Å². The Hall–Kier alpha value is -1.89. The third kappa shape index (κ3) is 4.65. The van der Waals surface area contributed by atoms with Crippen LogP contribution in [0.15, 0.2) is 53.0 Å². The number of hydrogen-bond donors (Lipinski definition) is 1. The molecule has 152 valence electrons. The van der Waals surface area contributed by atoms with Gasteiger partial charge in [0.1, 0.15) is 12.2 Å². The number of aliphatic carboxylic acids is 1. The number of amides is 1. The predicted molar refractivity (Wildman–Crippen MR) is 113 cm³/mol.